The zero-order valence-electron chi connectivity index (χ0n) is 24.3. The van der Waals surface area contributed by atoms with Gasteiger partial charge in [0.15, 0.2) is 0 Å². The van der Waals surface area contributed by atoms with Crippen molar-refractivity contribution in [3.05, 3.63) is 0 Å². The van der Waals surface area contributed by atoms with Gasteiger partial charge in [-0.15, -0.1) is 0 Å². The minimum atomic E-state index is -3.74. The van der Waals surface area contributed by atoms with Crippen LogP contribution in [0.4, 0.5) is 4.79 Å². The number of nitrogens with zero attached hydrogens (tertiary/aromatic N) is 1. The average Bonchev–Trinajstić information content (AvgIpc) is 3.53. The highest BCUT2D eigenvalue weighted by Crippen LogP contribution is 2.69. The highest BCUT2D eigenvalue weighted by molar-refractivity contribution is 7.87. The molecule has 0 unspecified atom stereocenters. The van der Waals surface area contributed by atoms with E-state index in [2.05, 4.69) is 37.7 Å². The summed E-state index contributed by atoms with van der Waals surface area (Å²) in [7, 11) is -3.74. The summed E-state index contributed by atoms with van der Waals surface area (Å²) in [5.41, 5.74) is 0.625. The standard InChI is InChI=1S/C30H53N3O4S/c1-5-21-23-10-6-7-15-29(23,3)25-13-16-30(4)22(11-12-24(30)26(25)27(21)34)20(2)14-17-31-28(35)32-38(36,37)33-18-8-9-19-33/h20-27,34H,5-19H2,1-4H3,(H2,31,32,35)/t20-,21-,22-,23+,24+,25+,26+,27-,29+,30-/m1/s1. The Hall–Kier alpha value is -0.860. The van der Waals surface area contributed by atoms with Gasteiger partial charge in [-0.25, -0.2) is 9.52 Å². The Kier molecular flexibility index (Phi) is 8.18. The molecule has 0 spiro atoms. The van der Waals surface area contributed by atoms with Gasteiger partial charge < -0.3 is 10.4 Å². The van der Waals surface area contributed by atoms with Crippen LogP contribution in [-0.4, -0.2) is 49.6 Å². The van der Waals surface area contributed by atoms with E-state index in [1.165, 1.54) is 55.7 Å². The van der Waals surface area contributed by atoms with Crippen LogP contribution in [-0.2, 0) is 10.2 Å². The molecule has 0 bridgehead atoms. The van der Waals surface area contributed by atoms with E-state index in [-0.39, 0.29) is 11.5 Å². The van der Waals surface area contributed by atoms with Gasteiger partial charge in [0.25, 0.3) is 0 Å². The fourth-order valence-electron chi connectivity index (χ4n) is 10.8. The molecule has 4 saturated carbocycles. The number of rotatable bonds is 7. The first-order chi connectivity index (χ1) is 18.0. The lowest BCUT2D eigenvalue weighted by Gasteiger charge is -2.64. The number of hydrogen-bond donors (Lipinski definition) is 3. The normalized spacial score (nSPS) is 44.1. The third-order valence-electron chi connectivity index (χ3n) is 12.6. The lowest BCUT2D eigenvalue weighted by molar-refractivity contribution is -0.194. The molecule has 1 aliphatic heterocycles. The summed E-state index contributed by atoms with van der Waals surface area (Å²) >= 11 is 0. The first-order valence-electron chi connectivity index (χ1n) is 15.8. The van der Waals surface area contributed by atoms with E-state index in [0.717, 1.165) is 25.7 Å². The molecular weight excluding hydrogens is 498 g/mol. The molecule has 0 radical (unpaired) electrons. The fraction of sp³-hybridized carbons (Fsp3) is 0.967. The molecule has 8 heteroatoms. The Morgan fingerprint density at radius 1 is 0.974 bits per heavy atom. The van der Waals surface area contributed by atoms with E-state index in [0.29, 0.717) is 66.5 Å². The Bertz CT molecular complexity index is 969. The maximum atomic E-state index is 12.4. The van der Waals surface area contributed by atoms with Crippen molar-refractivity contribution in [2.45, 2.75) is 111 Å². The van der Waals surface area contributed by atoms with Crippen molar-refractivity contribution in [1.29, 1.82) is 0 Å². The highest BCUT2D eigenvalue weighted by Gasteiger charge is 2.64. The third-order valence-corrected chi connectivity index (χ3v) is 14.1. The quantitative estimate of drug-likeness (QED) is 0.399. The molecule has 2 amide bonds. The lowest BCUT2D eigenvalue weighted by atomic mass is 9.41. The van der Waals surface area contributed by atoms with Crippen LogP contribution >= 0.6 is 0 Å². The fourth-order valence-corrected chi connectivity index (χ4v) is 11.9. The first kappa shape index (κ1) is 28.7. The van der Waals surface area contributed by atoms with E-state index in [9.17, 15) is 18.3 Å². The second kappa shape index (κ2) is 10.8. The summed E-state index contributed by atoms with van der Waals surface area (Å²) in [5.74, 6) is 3.81. The van der Waals surface area contributed by atoms with Gasteiger partial charge in [-0.2, -0.15) is 12.7 Å². The zero-order valence-corrected chi connectivity index (χ0v) is 25.1. The summed E-state index contributed by atoms with van der Waals surface area (Å²) < 4.78 is 28.3. The predicted molar refractivity (Wildman–Crippen MR) is 150 cm³/mol. The molecule has 3 N–H and O–H groups in total. The molecule has 1 saturated heterocycles. The third kappa shape index (κ3) is 4.82. The number of urea groups is 1. The van der Waals surface area contributed by atoms with Crippen LogP contribution < -0.4 is 10.0 Å². The van der Waals surface area contributed by atoms with E-state index in [1.807, 2.05) is 0 Å². The zero-order chi connectivity index (χ0) is 27.3. The Morgan fingerprint density at radius 3 is 2.39 bits per heavy atom. The second-order valence-electron chi connectivity index (χ2n) is 14.2. The van der Waals surface area contributed by atoms with Gasteiger partial charge in [0.1, 0.15) is 0 Å². The molecule has 218 valence electrons. The van der Waals surface area contributed by atoms with Gasteiger partial charge >= 0.3 is 16.2 Å². The van der Waals surface area contributed by atoms with Gasteiger partial charge in [0.2, 0.25) is 0 Å². The number of carbonyl (C=O) groups excluding carboxylic acids is 1. The molecule has 0 aromatic carbocycles. The smallest absolute Gasteiger partial charge is 0.329 e. The van der Waals surface area contributed by atoms with Crippen molar-refractivity contribution in [3.63, 3.8) is 0 Å². The van der Waals surface area contributed by atoms with Crippen LogP contribution in [0.5, 0.6) is 0 Å². The molecule has 0 aromatic rings. The van der Waals surface area contributed by atoms with E-state index in [1.54, 1.807) is 0 Å². The second-order valence-corrected chi connectivity index (χ2v) is 15.8. The van der Waals surface area contributed by atoms with Crippen molar-refractivity contribution in [2.75, 3.05) is 19.6 Å². The van der Waals surface area contributed by atoms with Gasteiger partial charge in [0.05, 0.1) is 6.10 Å². The van der Waals surface area contributed by atoms with Gasteiger partial charge in [0, 0.05) is 19.6 Å². The summed E-state index contributed by atoms with van der Waals surface area (Å²) in [6, 6.07) is -0.619. The molecular formula is C30H53N3O4S. The van der Waals surface area contributed by atoms with Crippen LogP contribution in [0, 0.1) is 52.3 Å². The molecule has 7 nitrogen and oxygen atoms in total. The van der Waals surface area contributed by atoms with Crippen molar-refractivity contribution >= 4 is 16.2 Å². The minimum Gasteiger partial charge on any atom is -0.393 e. The maximum absolute atomic E-state index is 12.4. The Labute approximate surface area is 231 Å². The molecule has 5 fully saturated rings. The van der Waals surface area contributed by atoms with E-state index < -0.39 is 16.2 Å². The molecule has 1 heterocycles. The largest absolute Gasteiger partial charge is 0.393 e. The van der Waals surface area contributed by atoms with Gasteiger partial charge in [-0.1, -0.05) is 47.0 Å². The van der Waals surface area contributed by atoms with Crippen molar-refractivity contribution < 1.29 is 18.3 Å². The molecule has 0 aromatic heterocycles. The topological polar surface area (TPSA) is 98.7 Å². The van der Waals surface area contributed by atoms with Crippen molar-refractivity contribution in [1.82, 2.24) is 14.3 Å². The molecule has 38 heavy (non-hydrogen) atoms. The molecule has 5 aliphatic rings. The average molecular weight is 552 g/mol. The summed E-state index contributed by atoms with van der Waals surface area (Å²) in [6.07, 6.45) is 13.7. The van der Waals surface area contributed by atoms with Crippen LogP contribution in [0.1, 0.15) is 105 Å². The first-order valence-corrected chi connectivity index (χ1v) is 17.2. The number of hydrogen-bond acceptors (Lipinski definition) is 4. The maximum Gasteiger partial charge on any atom is 0.329 e. The summed E-state index contributed by atoms with van der Waals surface area (Å²) in [5, 5.41) is 14.7. The number of carbonyl (C=O) groups is 1. The predicted octanol–water partition coefficient (Wildman–Crippen LogP) is 5.31. The number of nitrogens with one attached hydrogen (secondary N) is 2. The van der Waals surface area contributed by atoms with Crippen molar-refractivity contribution in [3.8, 4) is 0 Å². The number of aliphatic hydroxyl groups is 1. The monoisotopic (exact) mass is 551 g/mol. The number of amides is 2. The highest BCUT2D eigenvalue weighted by atomic mass is 32.2. The van der Waals surface area contributed by atoms with Crippen LogP contribution in [0.3, 0.4) is 0 Å². The SMILES string of the molecule is CC[C@H]1[C@@H](O)[C@@H]2[C@H](CC[C@]3(C)[C@@H]([C@H](C)CCNC(=O)NS(=O)(=O)N4CCCC4)CC[C@@H]23)[C@@]2(C)CCCC[C@@H]12. The van der Waals surface area contributed by atoms with Crippen LogP contribution in [0.2, 0.25) is 0 Å². The lowest BCUT2D eigenvalue weighted by Crippen LogP contribution is -2.61. The molecule has 5 rings (SSSR count). The van der Waals surface area contributed by atoms with Crippen molar-refractivity contribution in [2.24, 2.45) is 52.3 Å². The molecule has 4 aliphatic carbocycles. The number of fused-ring (bicyclic) bond motifs is 5. The summed E-state index contributed by atoms with van der Waals surface area (Å²) in [6.45, 7) is 11.1. The molecule has 10 atom stereocenters. The van der Waals surface area contributed by atoms with E-state index in [4.69, 9.17) is 0 Å². The number of aliphatic hydroxyl groups excluding tert-OH is 1. The van der Waals surface area contributed by atoms with Crippen LogP contribution in [0.25, 0.3) is 0 Å². The van der Waals surface area contributed by atoms with Gasteiger partial charge in [-0.05, 0) is 110 Å². The Morgan fingerprint density at radius 2 is 1.68 bits per heavy atom. The van der Waals surface area contributed by atoms with Crippen LogP contribution in [0.15, 0.2) is 0 Å². The van der Waals surface area contributed by atoms with E-state index >= 15 is 0 Å². The minimum absolute atomic E-state index is 0.164. The summed E-state index contributed by atoms with van der Waals surface area (Å²) in [4.78, 5) is 12.4. The Balaban J connectivity index is 1.21. The van der Waals surface area contributed by atoms with Gasteiger partial charge in [-0.3, -0.25) is 0 Å².